The average Bonchev–Trinajstić information content (AvgIpc) is 3.27. The topological polar surface area (TPSA) is 56.6 Å². The van der Waals surface area contributed by atoms with Gasteiger partial charge in [-0.3, -0.25) is 9.48 Å². The first kappa shape index (κ1) is 13.2. The Labute approximate surface area is 128 Å². The molecule has 1 aromatic carbocycles. The highest BCUT2D eigenvalue weighted by atomic mass is 16.7. The van der Waals surface area contributed by atoms with Gasteiger partial charge in [-0.05, 0) is 31.0 Å². The Morgan fingerprint density at radius 1 is 1.32 bits per heavy atom. The molecule has 3 heterocycles. The summed E-state index contributed by atoms with van der Waals surface area (Å²) in [7, 11) is 0. The molecule has 4 rings (SSSR count). The Morgan fingerprint density at radius 2 is 2.27 bits per heavy atom. The van der Waals surface area contributed by atoms with Crippen LogP contribution in [0, 0.1) is 0 Å². The smallest absolute Gasteiger partial charge is 0.258 e. The van der Waals surface area contributed by atoms with Crippen molar-refractivity contribution in [3.63, 3.8) is 0 Å². The minimum Gasteiger partial charge on any atom is -0.454 e. The zero-order chi connectivity index (χ0) is 14.9. The van der Waals surface area contributed by atoms with Gasteiger partial charge < -0.3 is 14.4 Å². The highest BCUT2D eigenvalue weighted by Crippen LogP contribution is 2.36. The number of hydrogen-bond acceptors (Lipinski definition) is 4. The third-order valence-electron chi connectivity index (χ3n) is 4.22. The summed E-state index contributed by atoms with van der Waals surface area (Å²) in [5.41, 5.74) is 0.586. The van der Waals surface area contributed by atoms with Crippen LogP contribution in [0.2, 0.25) is 0 Å². The fraction of sp³-hybridized carbons (Fsp3) is 0.375. The first-order valence-electron chi connectivity index (χ1n) is 7.50. The van der Waals surface area contributed by atoms with Crippen molar-refractivity contribution in [3.8, 4) is 11.5 Å². The standard InChI is InChI=1S/C16H17N3O3/c20-16(13-5-1-6-14-15(13)22-11-21-14)19-9-2-4-12(19)10-18-8-3-7-17-18/h1,3,5-8,12H,2,4,9-11H2/t12-/m1/s1. The average molecular weight is 299 g/mol. The number of para-hydroxylation sites is 1. The van der Waals surface area contributed by atoms with Crippen molar-refractivity contribution in [1.82, 2.24) is 14.7 Å². The summed E-state index contributed by atoms with van der Waals surface area (Å²) < 4.78 is 12.7. The number of carbonyl (C=O) groups is 1. The van der Waals surface area contributed by atoms with Gasteiger partial charge in [0.1, 0.15) is 0 Å². The third kappa shape index (κ3) is 2.20. The molecule has 6 nitrogen and oxygen atoms in total. The van der Waals surface area contributed by atoms with Crippen LogP contribution in [0.4, 0.5) is 0 Å². The Morgan fingerprint density at radius 3 is 3.14 bits per heavy atom. The molecule has 2 aliphatic rings. The van der Waals surface area contributed by atoms with E-state index in [0.29, 0.717) is 17.1 Å². The molecule has 1 fully saturated rings. The van der Waals surface area contributed by atoms with Gasteiger partial charge in [-0.25, -0.2) is 0 Å². The summed E-state index contributed by atoms with van der Waals surface area (Å²) in [5, 5.41) is 4.24. The quantitative estimate of drug-likeness (QED) is 0.869. The van der Waals surface area contributed by atoms with Crippen LogP contribution in [0.3, 0.4) is 0 Å². The minimum absolute atomic E-state index is 0.0111. The molecule has 2 aromatic rings. The second kappa shape index (κ2) is 5.36. The molecular formula is C16H17N3O3. The molecule has 0 unspecified atom stereocenters. The number of fused-ring (bicyclic) bond motifs is 1. The summed E-state index contributed by atoms with van der Waals surface area (Å²) >= 11 is 0. The van der Waals surface area contributed by atoms with Crippen LogP contribution >= 0.6 is 0 Å². The minimum atomic E-state index is 0.0111. The number of nitrogens with zero attached hydrogens (tertiary/aromatic N) is 3. The second-order valence-corrected chi connectivity index (χ2v) is 5.56. The zero-order valence-corrected chi connectivity index (χ0v) is 12.1. The van der Waals surface area contributed by atoms with E-state index in [-0.39, 0.29) is 18.7 Å². The lowest BCUT2D eigenvalue weighted by atomic mass is 10.1. The van der Waals surface area contributed by atoms with Gasteiger partial charge in [0, 0.05) is 18.9 Å². The van der Waals surface area contributed by atoms with Gasteiger partial charge in [-0.15, -0.1) is 0 Å². The van der Waals surface area contributed by atoms with E-state index >= 15 is 0 Å². The Bertz CT molecular complexity index is 684. The Balaban J connectivity index is 1.58. The number of ether oxygens (including phenoxy) is 2. The number of rotatable bonds is 3. The molecule has 0 spiro atoms. The normalized spacial score (nSPS) is 19.6. The molecule has 0 saturated carbocycles. The molecule has 0 aliphatic carbocycles. The molecule has 1 aromatic heterocycles. The van der Waals surface area contributed by atoms with Gasteiger partial charge in [0.15, 0.2) is 11.5 Å². The molecule has 114 valence electrons. The molecule has 1 saturated heterocycles. The van der Waals surface area contributed by atoms with Gasteiger partial charge in [0.25, 0.3) is 5.91 Å². The summed E-state index contributed by atoms with van der Waals surface area (Å²) in [6, 6.07) is 7.53. The van der Waals surface area contributed by atoms with E-state index in [1.54, 1.807) is 12.3 Å². The summed E-state index contributed by atoms with van der Waals surface area (Å²) in [5.74, 6) is 1.22. The third-order valence-corrected chi connectivity index (χ3v) is 4.22. The van der Waals surface area contributed by atoms with Crippen molar-refractivity contribution < 1.29 is 14.3 Å². The maximum absolute atomic E-state index is 12.9. The van der Waals surface area contributed by atoms with Crippen molar-refractivity contribution in [3.05, 3.63) is 42.2 Å². The van der Waals surface area contributed by atoms with E-state index < -0.39 is 0 Å². The van der Waals surface area contributed by atoms with Crippen LogP contribution in [-0.4, -0.2) is 40.0 Å². The van der Waals surface area contributed by atoms with E-state index in [0.717, 1.165) is 25.9 Å². The lowest BCUT2D eigenvalue weighted by Gasteiger charge is -2.25. The SMILES string of the molecule is O=C(c1cccc2c1OCO2)N1CCC[C@@H]1Cn1cccn1. The highest BCUT2D eigenvalue weighted by molar-refractivity contribution is 5.98. The molecular weight excluding hydrogens is 282 g/mol. The number of carbonyl (C=O) groups excluding carboxylic acids is 1. The van der Waals surface area contributed by atoms with E-state index in [2.05, 4.69) is 5.10 Å². The molecule has 22 heavy (non-hydrogen) atoms. The fourth-order valence-electron chi connectivity index (χ4n) is 3.17. The fourth-order valence-corrected chi connectivity index (χ4v) is 3.17. The molecule has 0 N–H and O–H groups in total. The van der Waals surface area contributed by atoms with Crippen molar-refractivity contribution in [2.75, 3.05) is 13.3 Å². The summed E-state index contributed by atoms with van der Waals surface area (Å²) in [4.78, 5) is 14.8. The van der Waals surface area contributed by atoms with Crippen LogP contribution in [-0.2, 0) is 6.54 Å². The number of benzene rings is 1. The maximum atomic E-state index is 12.9. The molecule has 0 radical (unpaired) electrons. The first-order valence-corrected chi connectivity index (χ1v) is 7.50. The van der Waals surface area contributed by atoms with Gasteiger partial charge in [-0.1, -0.05) is 6.07 Å². The largest absolute Gasteiger partial charge is 0.454 e. The van der Waals surface area contributed by atoms with Crippen LogP contribution in [0.1, 0.15) is 23.2 Å². The van der Waals surface area contributed by atoms with E-state index in [1.807, 2.05) is 34.0 Å². The van der Waals surface area contributed by atoms with Gasteiger partial charge >= 0.3 is 0 Å². The Hall–Kier alpha value is -2.50. The van der Waals surface area contributed by atoms with Crippen LogP contribution in [0.25, 0.3) is 0 Å². The van der Waals surface area contributed by atoms with Gasteiger partial charge in [-0.2, -0.15) is 5.10 Å². The Kier molecular flexibility index (Phi) is 3.21. The molecule has 6 heteroatoms. The van der Waals surface area contributed by atoms with E-state index in [1.165, 1.54) is 0 Å². The summed E-state index contributed by atoms with van der Waals surface area (Å²) in [6.45, 7) is 1.68. The number of hydrogen-bond donors (Lipinski definition) is 0. The zero-order valence-electron chi connectivity index (χ0n) is 12.1. The molecule has 0 bridgehead atoms. The molecule has 1 atom stereocenters. The van der Waals surface area contributed by atoms with Crippen molar-refractivity contribution in [2.24, 2.45) is 0 Å². The first-order chi connectivity index (χ1) is 10.8. The predicted molar refractivity (Wildman–Crippen MR) is 78.9 cm³/mol. The van der Waals surface area contributed by atoms with E-state index in [4.69, 9.17) is 9.47 Å². The maximum Gasteiger partial charge on any atom is 0.258 e. The lowest BCUT2D eigenvalue weighted by Crippen LogP contribution is -2.38. The molecule has 1 amide bonds. The van der Waals surface area contributed by atoms with Crippen LogP contribution in [0.15, 0.2) is 36.7 Å². The lowest BCUT2D eigenvalue weighted by molar-refractivity contribution is 0.0717. The highest BCUT2D eigenvalue weighted by Gasteiger charge is 2.32. The second-order valence-electron chi connectivity index (χ2n) is 5.56. The number of amides is 1. The number of likely N-dealkylation sites (tertiary alicyclic amines) is 1. The van der Waals surface area contributed by atoms with Crippen molar-refractivity contribution in [2.45, 2.75) is 25.4 Å². The van der Waals surface area contributed by atoms with Crippen molar-refractivity contribution >= 4 is 5.91 Å². The summed E-state index contributed by atoms with van der Waals surface area (Å²) in [6.07, 6.45) is 5.70. The van der Waals surface area contributed by atoms with E-state index in [9.17, 15) is 4.79 Å². The number of aromatic nitrogens is 2. The molecule has 2 aliphatic heterocycles. The van der Waals surface area contributed by atoms with Crippen molar-refractivity contribution in [1.29, 1.82) is 0 Å². The van der Waals surface area contributed by atoms with Crippen LogP contribution < -0.4 is 9.47 Å². The predicted octanol–water partition coefficient (Wildman–Crippen LogP) is 1.92. The monoisotopic (exact) mass is 299 g/mol. The van der Waals surface area contributed by atoms with Gasteiger partial charge in [0.2, 0.25) is 6.79 Å². The van der Waals surface area contributed by atoms with Gasteiger partial charge in [0.05, 0.1) is 18.2 Å². The van der Waals surface area contributed by atoms with Crippen LogP contribution in [0.5, 0.6) is 11.5 Å².